The Hall–Kier alpha value is -0.650. The highest BCUT2D eigenvalue weighted by Gasteiger charge is 2.28. The van der Waals surface area contributed by atoms with Crippen LogP contribution in [0.3, 0.4) is 0 Å². The molecular weight excluding hydrogens is 218 g/mol. The summed E-state index contributed by atoms with van der Waals surface area (Å²) in [6.45, 7) is 6.63. The monoisotopic (exact) mass is 243 g/mol. The van der Waals surface area contributed by atoms with Crippen molar-refractivity contribution in [2.75, 3.05) is 33.8 Å². The molecule has 1 aliphatic heterocycles. The van der Waals surface area contributed by atoms with Crippen LogP contribution >= 0.6 is 0 Å². The molecule has 1 heterocycles. The predicted octanol–water partition coefficient (Wildman–Crippen LogP) is -0.180. The van der Waals surface area contributed by atoms with E-state index in [1.807, 2.05) is 0 Å². The molecule has 0 radical (unpaired) electrons. The van der Waals surface area contributed by atoms with Gasteiger partial charge < -0.3 is 20.3 Å². The molecule has 0 aliphatic carbocycles. The summed E-state index contributed by atoms with van der Waals surface area (Å²) >= 11 is 0. The molecule has 100 valence electrons. The van der Waals surface area contributed by atoms with Crippen LogP contribution in [0, 0.1) is 0 Å². The second-order valence-electron chi connectivity index (χ2n) is 4.92. The maximum absolute atomic E-state index is 11.8. The molecule has 0 aromatic rings. The quantitative estimate of drug-likeness (QED) is 0.679. The van der Waals surface area contributed by atoms with Crippen molar-refractivity contribution in [3.05, 3.63) is 0 Å². The number of hydrogen-bond acceptors (Lipinski definition) is 4. The smallest absolute Gasteiger partial charge is 0.237 e. The Kier molecular flexibility index (Phi) is 5.88. The topological polar surface area (TPSA) is 53.6 Å². The van der Waals surface area contributed by atoms with Crippen molar-refractivity contribution in [1.82, 2.24) is 15.5 Å². The van der Waals surface area contributed by atoms with Gasteiger partial charge in [-0.1, -0.05) is 0 Å². The molecule has 0 aromatic heterocycles. The van der Waals surface area contributed by atoms with Crippen molar-refractivity contribution in [3.63, 3.8) is 0 Å². The van der Waals surface area contributed by atoms with E-state index in [-0.39, 0.29) is 18.1 Å². The van der Waals surface area contributed by atoms with E-state index in [2.05, 4.69) is 36.4 Å². The summed E-state index contributed by atoms with van der Waals surface area (Å²) in [5, 5.41) is 6.12. The summed E-state index contributed by atoms with van der Waals surface area (Å²) in [6, 6.07) is 0.415. The van der Waals surface area contributed by atoms with Crippen molar-refractivity contribution in [3.8, 4) is 0 Å². The first kappa shape index (κ1) is 14.4. The molecular formula is C12H25N3O2. The van der Waals surface area contributed by atoms with E-state index in [1.165, 1.54) is 0 Å². The summed E-state index contributed by atoms with van der Waals surface area (Å²) in [7, 11) is 3.75. The number of hydrogen-bond donors (Lipinski definition) is 2. The average molecular weight is 243 g/mol. The lowest BCUT2D eigenvalue weighted by molar-refractivity contribution is -0.123. The molecule has 1 fully saturated rings. The van der Waals surface area contributed by atoms with Crippen LogP contribution < -0.4 is 10.6 Å². The zero-order chi connectivity index (χ0) is 12.8. The second kappa shape index (κ2) is 6.93. The molecule has 2 unspecified atom stereocenters. The summed E-state index contributed by atoms with van der Waals surface area (Å²) in [5.41, 5.74) is 0. The summed E-state index contributed by atoms with van der Waals surface area (Å²) < 4.78 is 5.21. The number of amides is 1. The van der Waals surface area contributed by atoms with E-state index >= 15 is 0 Å². The maximum Gasteiger partial charge on any atom is 0.237 e. The number of ether oxygens (including phenoxy) is 1. The van der Waals surface area contributed by atoms with E-state index < -0.39 is 0 Å². The van der Waals surface area contributed by atoms with Gasteiger partial charge in [0.1, 0.15) is 0 Å². The first-order valence-corrected chi connectivity index (χ1v) is 6.28. The largest absolute Gasteiger partial charge is 0.380 e. The van der Waals surface area contributed by atoms with Crippen LogP contribution in [0.25, 0.3) is 0 Å². The zero-order valence-electron chi connectivity index (χ0n) is 11.3. The maximum atomic E-state index is 11.8. The van der Waals surface area contributed by atoms with E-state index in [0.29, 0.717) is 12.6 Å². The number of nitrogens with one attached hydrogen (secondary N) is 2. The second-order valence-corrected chi connectivity index (χ2v) is 4.92. The van der Waals surface area contributed by atoms with Gasteiger partial charge >= 0.3 is 0 Å². The fraction of sp³-hybridized carbons (Fsp3) is 0.917. The Morgan fingerprint density at radius 1 is 1.59 bits per heavy atom. The lowest BCUT2D eigenvalue weighted by Gasteiger charge is -2.21. The van der Waals surface area contributed by atoms with E-state index in [1.54, 1.807) is 7.11 Å². The average Bonchev–Trinajstić information content (AvgIpc) is 2.77. The van der Waals surface area contributed by atoms with Crippen LogP contribution in [0.5, 0.6) is 0 Å². The van der Waals surface area contributed by atoms with Gasteiger partial charge in [-0.25, -0.2) is 0 Å². The van der Waals surface area contributed by atoms with Crippen molar-refractivity contribution in [2.24, 2.45) is 0 Å². The molecule has 0 bridgehead atoms. The van der Waals surface area contributed by atoms with Gasteiger partial charge in [0.2, 0.25) is 5.91 Å². The van der Waals surface area contributed by atoms with Crippen LogP contribution in [-0.2, 0) is 9.53 Å². The molecule has 17 heavy (non-hydrogen) atoms. The van der Waals surface area contributed by atoms with E-state index in [0.717, 1.165) is 19.5 Å². The third-order valence-corrected chi connectivity index (χ3v) is 3.39. The normalized spacial score (nSPS) is 24.6. The Labute approximate surface area is 104 Å². The van der Waals surface area contributed by atoms with Crippen molar-refractivity contribution >= 4 is 5.91 Å². The summed E-state index contributed by atoms with van der Waals surface area (Å²) in [4.78, 5) is 14.0. The Bertz CT molecular complexity index is 246. The Morgan fingerprint density at radius 2 is 2.29 bits per heavy atom. The molecule has 2 N–H and O–H groups in total. The molecule has 1 saturated heterocycles. The van der Waals surface area contributed by atoms with Gasteiger partial charge in [0.15, 0.2) is 0 Å². The molecule has 0 spiro atoms. The first-order valence-electron chi connectivity index (χ1n) is 6.28. The number of carbonyl (C=O) groups excluding carboxylic acids is 1. The third-order valence-electron chi connectivity index (χ3n) is 3.39. The molecule has 1 aliphatic rings. The minimum atomic E-state index is -0.0932. The van der Waals surface area contributed by atoms with Crippen LogP contribution in [0.1, 0.15) is 20.3 Å². The zero-order valence-corrected chi connectivity index (χ0v) is 11.3. The van der Waals surface area contributed by atoms with Gasteiger partial charge in [0.05, 0.1) is 12.1 Å². The van der Waals surface area contributed by atoms with Crippen molar-refractivity contribution in [2.45, 2.75) is 38.5 Å². The summed E-state index contributed by atoms with van der Waals surface area (Å²) in [6.07, 6.45) is 0.937. The van der Waals surface area contributed by atoms with Crippen LogP contribution in [0.2, 0.25) is 0 Å². The standard InChI is InChI=1S/C12H25N3O2/c1-9(2)15(3)6-5-13-12(16)11-7-10(17-4)8-14-11/h9-11,14H,5-8H2,1-4H3,(H,13,16). The van der Waals surface area contributed by atoms with Gasteiger partial charge in [-0.3, -0.25) is 4.79 Å². The highest BCUT2D eigenvalue weighted by atomic mass is 16.5. The van der Waals surface area contributed by atoms with Gasteiger partial charge in [0, 0.05) is 32.8 Å². The molecule has 5 nitrogen and oxygen atoms in total. The number of carbonyl (C=O) groups is 1. The van der Waals surface area contributed by atoms with E-state index in [4.69, 9.17) is 4.74 Å². The molecule has 1 rings (SSSR count). The number of nitrogens with zero attached hydrogens (tertiary/aromatic N) is 1. The highest BCUT2D eigenvalue weighted by molar-refractivity contribution is 5.82. The Balaban J connectivity index is 2.17. The fourth-order valence-corrected chi connectivity index (χ4v) is 1.82. The van der Waals surface area contributed by atoms with Crippen molar-refractivity contribution < 1.29 is 9.53 Å². The van der Waals surface area contributed by atoms with Crippen molar-refractivity contribution in [1.29, 1.82) is 0 Å². The Morgan fingerprint density at radius 3 is 2.82 bits per heavy atom. The van der Waals surface area contributed by atoms with Gasteiger partial charge in [-0.15, -0.1) is 0 Å². The third kappa shape index (κ3) is 4.61. The van der Waals surface area contributed by atoms with Gasteiger partial charge in [0.25, 0.3) is 0 Å². The SMILES string of the molecule is COC1CNC(C(=O)NCCN(C)C(C)C)C1. The highest BCUT2D eigenvalue weighted by Crippen LogP contribution is 2.09. The minimum absolute atomic E-state index is 0.0849. The molecule has 2 atom stereocenters. The number of methoxy groups -OCH3 is 1. The minimum Gasteiger partial charge on any atom is -0.380 e. The molecule has 1 amide bonds. The number of likely N-dealkylation sites (N-methyl/N-ethyl adjacent to an activating group) is 1. The van der Waals surface area contributed by atoms with E-state index in [9.17, 15) is 4.79 Å². The van der Waals surface area contributed by atoms with Gasteiger partial charge in [-0.2, -0.15) is 0 Å². The molecule has 0 saturated carbocycles. The predicted molar refractivity (Wildman–Crippen MR) is 68.0 cm³/mol. The number of rotatable bonds is 6. The lowest BCUT2D eigenvalue weighted by Crippen LogP contribution is -2.43. The lowest BCUT2D eigenvalue weighted by atomic mass is 10.2. The van der Waals surface area contributed by atoms with Crippen LogP contribution in [-0.4, -0.2) is 62.8 Å². The fourth-order valence-electron chi connectivity index (χ4n) is 1.82. The summed E-state index contributed by atoms with van der Waals surface area (Å²) in [5.74, 6) is 0.0849. The first-order chi connectivity index (χ1) is 8.04. The van der Waals surface area contributed by atoms with Crippen LogP contribution in [0.4, 0.5) is 0 Å². The van der Waals surface area contributed by atoms with Gasteiger partial charge in [-0.05, 0) is 27.3 Å². The molecule has 0 aromatic carbocycles. The molecule has 5 heteroatoms. The van der Waals surface area contributed by atoms with Crippen LogP contribution in [0.15, 0.2) is 0 Å².